The van der Waals surface area contributed by atoms with E-state index in [1.54, 1.807) is 0 Å². The van der Waals surface area contributed by atoms with E-state index in [1.807, 2.05) is 0 Å². The van der Waals surface area contributed by atoms with E-state index in [1.165, 1.54) is 18.9 Å². The summed E-state index contributed by atoms with van der Waals surface area (Å²) >= 11 is 0. The fourth-order valence-electron chi connectivity index (χ4n) is 4.39. The third-order valence-corrected chi connectivity index (χ3v) is 6.05. The maximum absolute atomic E-state index is 11.6. The largest absolute Gasteiger partial charge is 0.455 e. The number of carbonyl (C=O) groups excluding carboxylic acids is 1. The van der Waals surface area contributed by atoms with Gasteiger partial charge in [-0.25, -0.2) is 4.79 Å². The molecular weight excluding hydrogens is 212 g/mol. The van der Waals surface area contributed by atoms with E-state index in [9.17, 15) is 4.79 Å². The highest BCUT2D eigenvalue weighted by Crippen LogP contribution is 2.71. The van der Waals surface area contributed by atoms with Crippen LogP contribution in [-0.4, -0.2) is 11.6 Å². The molecule has 2 saturated carbocycles. The molecule has 0 aromatic carbocycles. The molecule has 0 heterocycles. The summed E-state index contributed by atoms with van der Waals surface area (Å²) in [6.45, 7) is 12.6. The fourth-order valence-corrected chi connectivity index (χ4v) is 4.39. The summed E-state index contributed by atoms with van der Waals surface area (Å²) in [5.74, 6) is 0.418. The summed E-state index contributed by atoms with van der Waals surface area (Å²) in [5.41, 5.74) is 0.104. The maximum atomic E-state index is 11.6. The van der Waals surface area contributed by atoms with Crippen molar-refractivity contribution in [1.29, 1.82) is 0 Å². The highest BCUT2D eigenvalue weighted by atomic mass is 16.6. The van der Waals surface area contributed by atoms with Crippen LogP contribution < -0.4 is 0 Å². The minimum Gasteiger partial charge on any atom is -0.455 e. The zero-order valence-electron chi connectivity index (χ0n) is 11.5. The number of hydrogen-bond donors (Lipinski definition) is 0. The smallest absolute Gasteiger partial charge is 0.330 e. The second-order valence-corrected chi connectivity index (χ2v) is 6.47. The van der Waals surface area contributed by atoms with Gasteiger partial charge >= 0.3 is 5.97 Å². The Balaban J connectivity index is 2.38. The van der Waals surface area contributed by atoms with Crippen LogP contribution in [-0.2, 0) is 9.53 Å². The molecule has 0 N–H and O–H groups in total. The number of rotatable bonds is 3. The number of carbonyl (C=O) groups is 1. The molecule has 0 saturated heterocycles. The molecule has 0 radical (unpaired) electrons. The quantitative estimate of drug-likeness (QED) is 0.551. The molecule has 2 heteroatoms. The highest BCUT2D eigenvalue weighted by molar-refractivity contribution is 5.81. The molecule has 0 aromatic rings. The molecular formula is C15H24O2. The Morgan fingerprint density at radius 2 is 2.12 bits per heavy atom. The van der Waals surface area contributed by atoms with Crippen LogP contribution in [0.15, 0.2) is 12.7 Å². The predicted octanol–water partition coefficient (Wildman–Crippen LogP) is 3.71. The lowest BCUT2D eigenvalue weighted by molar-refractivity contribution is -0.174. The normalized spacial score (nSPS) is 42.5. The third-order valence-electron chi connectivity index (χ3n) is 6.05. The molecule has 2 rings (SSSR count). The molecule has 3 atom stereocenters. The maximum Gasteiger partial charge on any atom is 0.330 e. The molecule has 2 bridgehead atoms. The van der Waals surface area contributed by atoms with Crippen LogP contribution in [0.25, 0.3) is 0 Å². The first-order valence-corrected chi connectivity index (χ1v) is 6.68. The molecule has 0 aromatic heterocycles. The SMILES string of the molecule is C=CC(=O)O[C@@]1(CC)C[C@H]2CC[C@@]1(C)C2(C)C. The van der Waals surface area contributed by atoms with Gasteiger partial charge in [-0.3, -0.25) is 0 Å². The zero-order valence-corrected chi connectivity index (χ0v) is 11.5. The fraction of sp³-hybridized carbons (Fsp3) is 0.800. The topological polar surface area (TPSA) is 26.3 Å². The Morgan fingerprint density at radius 3 is 2.47 bits per heavy atom. The summed E-state index contributed by atoms with van der Waals surface area (Å²) in [6.07, 6.45) is 5.66. The van der Waals surface area contributed by atoms with E-state index in [4.69, 9.17) is 4.74 Å². The highest BCUT2D eigenvalue weighted by Gasteiger charge is 2.69. The van der Waals surface area contributed by atoms with Gasteiger partial charge in [0.25, 0.3) is 0 Å². The van der Waals surface area contributed by atoms with E-state index < -0.39 is 0 Å². The summed E-state index contributed by atoms with van der Waals surface area (Å²) in [7, 11) is 0. The molecule has 0 unspecified atom stereocenters. The zero-order chi connectivity index (χ0) is 12.9. The Labute approximate surface area is 104 Å². The molecule has 0 aliphatic heterocycles. The van der Waals surface area contributed by atoms with Crippen LogP contribution >= 0.6 is 0 Å². The van der Waals surface area contributed by atoms with Gasteiger partial charge in [0, 0.05) is 11.5 Å². The Morgan fingerprint density at radius 1 is 1.47 bits per heavy atom. The van der Waals surface area contributed by atoms with E-state index in [0.717, 1.165) is 12.8 Å². The number of hydrogen-bond acceptors (Lipinski definition) is 2. The summed E-state index contributed by atoms with van der Waals surface area (Å²) in [4.78, 5) is 11.6. The molecule has 0 spiro atoms. The lowest BCUT2D eigenvalue weighted by atomic mass is 9.63. The summed E-state index contributed by atoms with van der Waals surface area (Å²) in [5, 5.41) is 0. The predicted molar refractivity (Wildman–Crippen MR) is 68.5 cm³/mol. The minimum atomic E-state index is -0.273. The van der Waals surface area contributed by atoms with Crippen molar-refractivity contribution >= 4 is 5.97 Å². The molecule has 2 nitrogen and oxygen atoms in total. The summed E-state index contributed by atoms with van der Waals surface area (Å²) < 4.78 is 5.81. The summed E-state index contributed by atoms with van der Waals surface area (Å²) in [6, 6.07) is 0. The monoisotopic (exact) mass is 236 g/mol. The second-order valence-electron chi connectivity index (χ2n) is 6.47. The van der Waals surface area contributed by atoms with Crippen molar-refractivity contribution in [3.05, 3.63) is 12.7 Å². The standard InChI is InChI=1S/C15H24O2/c1-6-12(16)17-15(7-2)10-11-8-9-14(15,5)13(11,3)4/h6,11H,1,7-10H2,2-5H3/t11-,14+,15+/m1/s1. The van der Waals surface area contributed by atoms with Crippen molar-refractivity contribution in [2.45, 2.75) is 59.0 Å². The van der Waals surface area contributed by atoms with Gasteiger partial charge in [-0.15, -0.1) is 0 Å². The van der Waals surface area contributed by atoms with E-state index in [-0.39, 0.29) is 22.4 Å². The van der Waals surface area contributed by atoms with Crippen molar-refractivity contribution in [3.63, 3.8) is 0 Å². The lowest BCUT2D eigenvalue weighted by Gasteiger charge is -2.47. The first-order valence-electron chi connectivity index (χ1n) is 6.68. The average molecular weight is 236 g/mol. The number of esters is 1. The van der Waals surface area contributed by atoms with Crippen molar-refractivity contribution in [2.75, 3.05) is 0 Å². The van der Waals surface area contributed by atoms with Gasteiger partial charge < -0.3 is 4.74 Å². The van der Waals surface area contributed by atoms with Gasteiger partial charge in [-0.05, 0) is 37.0 Å². The van der Waals surface area contributed by atoms with Gasteiger partial charge in [0.2, 0.25) is 0 Å². The van der Waals surface area contributed by atoms with Crippen LogP contribution in [0.2, 0.25) is 0 Å². The minimum absolute atomic E-state index is 0.109. The van der Waals surface area contributed by atoms with Crippen molar-refractivity contribution in [3.8, 4) is 0 Å². The number of fused-ring (bicyclic) bond motifs is 2. The van der Waals surface area contributed by atoms with Gasteiger partial charge in [0.15, 0.2) is 0 Å². The molecule has 2 aliphatic carbocycles. The van der Waals surface area contributed by atoms with E-state index >= 15 is 0 Å². The second kappa shape index (κ2) is 3.60. The molecule has 0 amide bonds. The van der Waals surface area contributed by atoms with Gasteiger partial charge in [-0.2, -0.15) is 0 Å². The third kappa shape index (κ3) is 1.36. The van der Waals surface area contributed by atoms with E-state index in [2.05, 4.69) is 34.3 Å². The van der Waals surface area contributed by atoms with Gasteiger partial charge in [0.05, 0.1) is 0 Å². The molecule has 17 heavy (non-hydrogen) atoms. The number of ether oxygens (including phenoxy) is 1. The lowest BCUT2D eigenvalue weighted by Crippen LogP contribution is -2.49. The van der Waals surface area contributed by atoms with Crippen molar-refractivity contribution in [1.82, 2.24) is 0 Å². The molecule has 96 valence electrons. The molecule has 2 fully saturated rings. The molecule has 2 aliphatic rings. The van der Waals surface area contributed by atoms with Crippen molar-refractivity contribution < 1.29 is 9.53 Å². The van der Waals surface area contributed by atoms with Crippen LogP contribution in [0.5, 0.6) is 0 Å². The Kier molecular flexibility index (Phi) is 2.68. The van der Waals surface area contributed by atoms with Crippen LogP contribution in [0.4, 0.5) is 0 Å². The van der Waals surface area contributed by atoms with Crippen LogP contribution in [0.3, 0.4) is 0 Å². The Bertz CT molecular complexity index is 358. The van der Waals surface area contributed by atoms with Crippen molar-refractivity contribution in [2.24, 2.45) is 16.7 Å². The first kappa shape index (κ1) is 12.7. The van der Waals surface area contributed by atoms with Gasteiger partial charge in [0.1, 0.15) is 5.60 Å². The van der Waals surface area contributed by atoms with Gasteiger partial charge in [-0.1, -0.05) is 34.3 Å². The van der Waals surface area contributed by atoms with Crippen LogP contribution in [0, 0.1) is 16.7 Å². The first-order chi connectivity index (χ1) is 7.83. The average Bonchev–Trinajstić information content (AvgIpc) is 2.60. The van der Waals surface area contributed by atoms with E-state index in [0.29, 0.717) is 5.92 Å². The van der Waals surface area contributed by atoms with Crippen LogP contribution in [0.1, 0.15) is 53.4 Å². The Hall–Kier alpha value is -0.790.